The standard InChI is InChI=1S/C17H22N2O5/c1-17(2,3)24-16(22)18-12-5-7-13(8-6-12)19-10-11(9-14(19)20)15(21)23-4/h5-8,11H,9-10H2,1-4H3,(H,18,22). The normalized spacial score (nSPS) is 17.6. The summed E-state index contributed by atoms with van der Waals surface area (Å²) in [6.07, 6.45) is -0.400. The molecule has 7 heteroatoms. The molecule has 1 saturated heterocycles. The van der Waals surface area contributed by atoms with E-state index in [-0.39, 0.29) is 18.3 Å². The zero-order valence-corrected chi connectivity index (χ0v) is 14.3. The molecule has 0 saturated carbocycles. The number of esters is 1. The summed E-state index contributed by atoms with van der Waals surface area (Å²) in [6.45, 7) is 5.65. The number of hydrogen-bond acceptors (Lipinski definition) is 5. The molecule has 0 aliphatic carbocycles. The molecule has 1 unspecified atom stereocenters. The second-order valence-corrected chi connectivity index (χ2v) is 6.60. The first kappa shape index (κ1) is 17.8. The van der Waals surface area contributed by atoms with Crippen LogP contribution in [0.4, 0.5) is 16.2 Å². The van der Waals surface area contributed by atoms with Crippen LogP contribution in [0.1, 0.15) is 27.2 Å². The zero-order valence-electron chi connectivity index (χ0n) is 14.3. The van der Waals surface area contributed by atoms with Gasteiger partial charge in [-0.05, 0) is 45.0 Å². The van der Waals surface area contributed by atoms with Gasteiger partial charge in [-0.3, -0.25) is 14.9 Å². The highest BCUT2D eigenvalue weighted by atomic mass is 16.6. The highest BCUT2D eigenvalue weighted by Gasteiger charge is 2.35. The Kier molecular flexibility index (Phi) is 5.11. The van der Waals surface area contributed by atoms with Crippen LogP contribution in [0.2, 0.25) is 0 Å². The molecule has 0 radical (unpaired) electrons. The summed E-state index contributed by atoms with van der Waals surface area (Å²) in [6, 6.07) is 6.78. The van der Waals surface area contributed by atoms with Crippen LogP contribution in [0.5, 0.6) is 0 Å². The number of amides is 2. The maximum Gasteiger partial charge on any atom is 0.412 e. The molecule has 1 fully saturated rings. The van der Waals surface area contributed by atoms with E-state index < -0.39 is 17.6 Å². The number of benzene rings is 1. The van der Waals surface area contributed by atoms with E-state index >= 15 is 0 Å². The number of rotatable bonds is 3. The summed E-state index contributed by atoms with van der Waals surface area (Å²) < 4.78 is 9.87. The van der Waals surface area contributed by atoms with Gasteiger partial charge in [0, 0.05) is 24.3 Å². The molecule has 0 aromatic heterocycles. The van der Waals surface area contributed by atoms with Gasteiger partial charge in [0.25, 0.3) is 0 Å². The maximum absolute atomic E-state index is 12.1. The van der Waals surface area contributed by atoms with Crippen LogP contribution < -0.4 is 10.2 Å². The van der Waals surface area contributed by atoms with Crippen molar-refractivity contribution in [1.29, 1.82) is 0 Å². The van der Waals surface area contributed by atoms with Gasteiger partial charge in [0.2, 0.25) is 5.91 Å². The highest BCUT2D eigenvalue weighted by molar-refractivity contribution is 5.99. The third-order valence-corrected chi connectivity index (χ3v) is 3.48. The lowest BCUT2D eigenvalue weighted by Crippen LogP contribution is -2.27. The summed E-state index contributed by atoms with van der Waals surface area (Å²) in [4.78, 5) is 36.9. The Morgan fingerprint density at radius 1 is 1.21 bits per heavy atom. The summed E-state index contributed by atoms with van der Waals surface area (Å²) >= 11 is 0. The van der Waals surface area contributed by atoms with Gasteiger partial charge in [0.05, 0.1) is 13.0 Å². The minimum Gasteiger partial charge on any atom is -0.469 e. The van der Waals surface area contributed by atoms with Crippen molar-refractivity contribution < 1.29 is 23.9 Å². The van der Waals surface area contributed by atoms with E-state index in [0.29, 0.717) is 17.9 Å². The van der Waals surface area contributed by atoms with Gasteiger partial charge < -0.3 is 14.4 Å². The van der Waals surface area contributed by atoms with Crippen LogP contribution >= 0.6 is 0 Å². The van der Waals surface area contributed by atoms with Crippen molar-refractivity contribution in [1.82, 2.24) is 0 Å². The van der Waals surface area contributed by atoms with Crippen LogP contribution in [0, 0.1) is 5.92 Å². The molecule has 1 aromatic rings. The minimum atomic E-state index is -0.575. The number of carbonyl (C=O) groups is 3. The monoisotopic (exact) mass is 334 g/mol. The van der Waals surface area contributed by atoms with E-state index in [1.807, 2.05) is 0 Å². The lowest BCUT2D eigenvalue weighted by molar-refractivity contribution is -0.145. The molecule has 2 amide bonds. The minimum absolute atomic E-state index is 0.127. The Hall–Kier alpha value is -2.57. The number of methoxy groups -OCH3 is 1. The lowest BCUT2D eigenvalue weighted by atomic mass is 10.1. The molecule has 130 valence electrons. The molecule has 7 nitrogen and oxygen atoms in total. The van der Waals surface area contributed by atoms with Crippen LogP contribution in [0.3, 0.4) is 0 Å². The fourth-order valence-corrected chi connectivity index (χ4v) is 2.43. The Labute approximate surface area is 140 Å². The van der Waals surface area contributed by atoms with Gasteiger partial charge in [0.15, 0.2) is 0 Å². The number of nitrogens with zero attached hydrogens (tertiary/aromatic N) is 1. The molecule has 1 aliphatic heterocycles. The number of ether oxygens (including phenoxy) is 2. The predicted octanol–water partition coefficient (Wildman–Crippen LogP) is 2.56. The number of hydrogen-bond donors (Lipinski definition) is 1. The predicted molar refractivity (Wildman–Crippen MR) is 88.8 cm³/mol. The van der Waals surface area contributed by atoms with E-state index in [0.717, 1.165) is 0 Å². The molecular weight excluding hydrogens is 312 g/mol. The Morgan fingerprint density at radius 3 is 2.38 bits per heavy atom. The highest BCUT2D eigenvalue weighted by Crippen LogP contribution is 2.27. The second kappa shape index (κ2) is 6.90. The molecule has 0 spiro atoms. The average Bonchev–Trinajstić information content (AvgIpc) is 2.87. The van der Waals surface area contributed by atoms with Crippen molar-refractivity contribution in [2.75, 3.05) is 23.9 Å². The SMILES string of the molecule is COC(=O)C1CC(=O)N(c2ccc(NC(=O)OC(C)(C)C)cc2)C1. The van der Waals surface area contributed by atoms with Crippen LogP contribution in [0.15, 0.2) is 24.3 Å². The summed E-state index contributed by atoms with van der Waals surface area (Å²) in [5.41, 5.74) is 0.653. The number of carbonyl (C=O) groups excluding carboxylic acids is 3. The van der Waals surface area contributed by atoms with Gasteiger partial charge in [0.1, 0.15) is 5.60 Å². The molecule has 2 rings (SSSR count). The van der Waals surface area contributed by atoms with Crippen molar-refractivity contribution in [3.05, 3.63) is 24.3 Å². The fraction of sp³-hybridized carbons (Fsp3) is 0.471. The molecule has 1 aliphatic rings. The van der Waals surface area contributed by atoms with E-state index in [1.165, 1.54) is 7.11 Å². The molecule has 0 bridgehead atoms. The molecule has 1 aromatic carbocycles. The van der Waals surface area contributed by atoms with Crippen LogP contribution in [-0.4, -0.2) is 37.2 Å². The second-order valence-electron chi connectivity index (χ2n) is 6.60. The van der Waals surface area contributed by atoms with Gasteiger partial charge in [-0.1, -0.05) is 0 Å². The van der Waals surface area contributed by atoms with E-state index in [2.05, 4.69) is 5.32 Å². The van der Waals surface area contributed by atoms with E-state index in [1.54, 1.807) is 49.9 Å². The third kappa shape index (κ3) is 4.47. The first-order valence-corrected chi connectivity index (χ1v) is 7.68. The molecular formula is C17H22N2O5. The summed E-state index contributed by atoms with van der Waals surface area (Å²) in [5, 5.41) is 2.62. The largest absolute Gasteiger partial charge is 0.469 e. The van der Waals surface area contributed by atoms with Gasteiger partial charge in [-0.2, -0.15) is 0 Å². The smallest absolute Gasteiger partial charge is 0.412 e. The van der Waals surface area contributed by atoms with E-state index in [9.17, 15) is 14.4 Å². The van der Waals surface area contributed by atoms with Crippen molar-refractivity contribution in [3.8, 4) is 0 Å². The van der Waals surface area contributed by atoms with Gasteiger partial charge in [-0.15, -0.1) is 0 Å². The summed E-state index contributed by atoms with van der Waals surface area (Å²) in [5.74, 6) is -0.950. The molecule has 1 atom stereocenters. The Morgan fingerprint density at radius 2 is 1.83 bits per heavy atom. The molecule has 1 heterocycles. The number of nitrogens with one attached hydrogen (secondary N) is 1. The Bertz CT molecular complexity index is 633. The first-order valence-electron chi connectivity index (χ1n) is 7.68. The van der Waals surface area contributed by atoms with Gasteiger partial charge in [-0.25, -0.2) is 4.79 Å². The molecule has 1 N–H and O–H groups in total. The quantitative estimate of drug-likeness (QED) is 0.859. The van der Waals surface area contributed by atoms with Gasteiger partial charge >= 0.3 is 12.1 Å². The lowest BCUT2D eigenvalue weighted by Gasteiger charge is -2.20. The zero-order chi connectivity index (χ0) is 17.9. The Balaban J connectivity index is 2.01. The fourth-order valence-electron chi connectivity index (χ4n) is 2.43. The number of anilines is 2. The van der Waals surface area contributed by atoms with E-state index in [4.69, 9.17) is 9.47 Å². The van der Waals surface area contributed by atoms with Crippen molar-refractivity contribution >= 4 is 29.3 Å². The average molecular weight is 334 g/mol. The van der Waals surface area contributed by atoms with Crippen molar-refractivity contribution in [2.45, 2.75) is 32.8 Å². The maximum atomic E-state index is 12.1. The molecule has 24 heavy (non-hydrogen) atoms. The van der Waals surface area contributed by atoms with Crippen LogP contribution in [-0.2, 0) is 19.1 Å². The van der Waals surface area contributed by atoms with Crippen molar-refractivity contribution in [3.63, 3.8) is 0 Å². The van der Waals surface area contributed by atoms with Crippen molar-refractivity contribution in [2.24, 2.45) is 5.92 Å². The topological polar surface area (TPSA) is 84.9 Å². The third-order valence-electron chi connectivity index (χ3n) is 3.48. The van der Waals surface area contributed by atoms with Crippen LogP contribution in [0.25, 0.3) is 0 Å². The summed E-state index contributed by atoms with van der Waals surface area (Å²) in [7, 11) is 1.31. The first-order chi connectivity index (χ1) is 11.2.